The van der Waals surface area contributed by atoms with Crippen LogP contribution in [0.25, 0.3) is 0 Å². The quantitative estimate of drug-likeness (QED) is 0.905. The highest BCUT2D eigenvalue weighted by Crippen LogP contribution is 2.32. The number of hydrogen-bond donors (Lipinski definition) is 1. The van der Waals surface area contributed by atoms with Crippen molar-refractivity contribution in [3.63, 3.8) is 0 Å². The molecular formula is C17H20O3. The predicted octanol–water partition coefficient (Wildman–Crippen LogP) is 3.50. The van der Waals surface area contributed by atoms with Crippen molar-refractivity contribution in [2.75, 3.05) is 7.11 Å². The summed E-state index contributed by atoms with van der Waals surface area (Å²) in [5, 5.41) is 10.1. The standard InChI is InChI=1S/C17H20O3/c1-17(2,18)14-9-10-15(19-3)16(11-14)20-12-13-7-5-4-6-8-13/h4-11,18H,12H2,1-3H3. The maximum atomic E-state index is 10.1. The van der Waals surface area contributed by atoms with Gasteiger partial charge in [-0.2, -0.15) is 0 Å². The van der Waals surface area contributed by atoms with Crippen molar-refractivity contribution >= 4 is 0 Å². The van der Waals surface area contributed by atoms with Crippen LogP contribution in [0.1, 0.15) is 25.0 Å². The van der Waals surface area contributed by atoms with Gasteiger partial charge in [-0.15, -0.1) is 0 Å². The van der Waals surface area contributed by atoms with Crippen LogP contribution in [0.3, 0.4) is 0 Å². The summed E-state index contributed by atoms with van der Waals surface area (Å²) in [5.74, 6) is 1.30. The van der Waals surface area contributed by atoms with Gasteiger partial charge in [0.15, 0.2) is 11.5 Å². The molecule has 0 fully saturated rings. The second-order valence-corrected chi connectivity index (χ2v) is 5.20. The van der Waals surface area contributed by atoms with Gasteiger partial charge in [0.2, 0.25) is 0 Å². The van der Waals surface area contributed by atoms with Crippen molar-refractivity contribution in [2.45, 2.75) is 26.1 Å². The first kappa shape index (κ1) is 14.4. The molecule has 0 bridgehead atoms. The normalized spacial score (nSPS) is 11.2. The van der Waals surface area contributed by atoms with E-state index in [-0.39, 0.29) is 0 Å². The summed E-state index contributed by atoms with van der Waals surface area (Å²) in [5.41, 5.74) is 0.974. The maximum absolute atomic E-state index is 10.1. The van der Waals surface area contributed by atoms with E-state index in [1.165, 1.54) is 0 Å². The molecule has 0 aromatic heterocycles. The lowest BCUT2D eigenvalue weighted by molar-refractivity contribution is 0.0781. The van der Waals surface area contributed by atoms with E-state index in [1.807, 2.05) is 48.5 Å². The SMILES string of the molecule is COc1ccc(C(C)(C)O)cc1OCc1ccccc1. The number of hydrogen-bond acceptors (Lipinski definition) is 3. The lowest BCUT2D eigenvalue weighted by Crippen LogP contribution is -2.15. The van der Waals surface area contributed by atoms with Gasteiger partial charge >= 0.3 is 0 Å². The Morgan fingerprint density at radius 1 is 1.00 bits per heavy atom. The Kier molecular flexibility index (Phi) is 4.30. The third-order valence-corrected chi connectivity index (χ3v) is 3.11. The maximum Gasteiger partial charge on any atom is 0.162 e. The molecule has 0 radical (unpaired) electrons. The number of methoxy groups -OCH3 is 1. The zero-order valence-corrected chi connectivity index (χ0v) is 12.1. The van der Waals surface area contributed by atoms with Gasteiger partial charge in [-0.25, -0.2) is 0 Å². The Morgan fingerprint density at radius 2 is 1.70 bits per heavy atom. The minimum Gasteiger partial charge on any atom is -0.493 e. The van der Waals surface area contributed by atoms with Crippen LogP contribution < -0.4 is 9.47 Å². The fourth-order valence-electron chi connectivity index (χ4n) is 1.91. The molecule has 20 heavy (non-hydrogen) atoms. The van der Waals surface area contributed by atoms with Crippen LogP contribution in [0.4, 0.5) is 0 Å². The van der Waals surface area contributed by atoms with E-state index in [2.05, 4.69) is 0 Å². The third kappa shape index (κ3) is 3.52. The van der Waals surface area contributed by atoms with Gasteiger partial charge in [0.25, 0.3) is 0 Å². The van der Waals surface area contributed by atoms with Gasteiger partial charge in [0.05, 0.1) is 12.7 Å². The Balaban J connectivity index is 2.21. The van der Waals surface area contributed by atoms with Crippen LogP contribution in [-0.2, 0) is 12.2 Å². The second kappa shape index (κ2) is 5.97. The molecule has 0 amide bonds. The van der Waals surface area contributed by atoms with Crippen LogP contribution in [0.5, 0.6) is 11.5 Å². The molecule has 0 spiro atoms. The largest absolute Gasteiger partial charge is 0.493 e. The number of aliphatic hydroxyl groups is 1. The van der Waals surface area contributed by atoms with Gasteiger partial charge in [0, 0.05) is 0 Å². The molecule has 0 saturated carbocycles. The van der Waals surface area contributed by atoms with Crippen molar-refractivity contribution < 1.29 is 14.6 Å². The van der Waals surface area contributed by atoms with Crippen molar-refractivity contribution in [1.29, 1.82) is 0 Å². The molecule has 0 unspecified atom stereocenters. The number of benzene rings is 2. The highest BCUT2D eigenvalue weighted by Gasteiger charge is 2.18. The van der Waals surface area contributed by atoms with E-state index in [0.717, 1.165) is 11.1 Å². The Morgan fingerprint density at radius 3 is 2.30 bits per heavy atom. The lowest BCUT2D eigenvalue weighted by Gasteiger charge is -2.20. The molecule has 0 aliphatic heterocycles. The number of rotatable bonds is 5. The molecule has 3 heteroatoms. The van der Waals surface area contributed by atoms with Crippen LogP contribution in [-0.4, -0.2) is 12.2 Å². The summed E-state index contributed by atoms with van der Waals surface area (Å²) in [4.78, 5) is 0. The molecule has 106 valence electrons. The van der Waals surface area contributed by atoms with E-state index in [0.29, 0.717) is 18.1 Å². The highest BCUT2D eigenvalue weighted by atomic mass is 16.5. The van der Waals surface area contributed by atoms with Gasteiger partial charge in [0.1, 0.15) is 6.61 Å². The predicted molar refractivity (Wildman–Crippen MR) is 79.0 cm³/mol. The van der Waals surface area contributed by atoms with E-state index in [1.54, 1.807) is 21.0 Å². The summed E-state index contributed by atoms with van der Waals surface area (Å²) in [7, 11) is 1.61. The second-order valence-electron chi connectivity index (χ2n) is 5.20. The van der Waals surface area contributed by atoms with Gasteiger partial charge in [-0.1, -0.05) is 36.4 Å². The molecule has 1 N–H and O–H groups in total. The summed E-state index contributed by atoms with van der Waals surface area (Å²) in [6, 6.07) is 15.4. The molecule has 0 heterocycles. The summed E-state index contributed by atoms with van der Waals surface area (Å²) in [6.07, 6.45) is 0. The minimum absolute atomic E-state index is 0.465. The highest BCUT2D eigenvalue weighted by molar-refractivity contribution is 5.44. The van der Waals surface area contributed by atoms with Crippen molar-refractivity contribution in [2.24, 2.45) is 0 Å². The van der Waals surface area contributed by atoms with Crippen LogP contribution in [0.2, 0.25) is 0 Å². The van der Waals surface area contributed by atoms with E-state index < -0.39 is 5.60 Å². The molecule has 3 nitrogen and oxygen atoms in total. The fraction of sp³-hybridized carbons (Fsp3) is 0.294. The fourth-order valence-corrected chi connectivity index (χ4v) is 1.91. The molecule has 0 aliphatic rings. The van der Waals surface area contributed by atoms with Crippen LogP contribution >= 0.6 is 0 Å². The summed E-state index contributed by atoms with van der Waals surface area (Å²) in [6.45, 7) is 3.96. The van der Waals surface area contributed by atoms with Crippen molar-refractivity contribution in [1.82, 2.24) is 0 Å². The first-order valence-corrected chi connectivity index (χ1v) is 6.58. The molecule has 2 rings (SSSR count). The first-order chi connectivity index (χ1) is 9.50. The first-order valence-electron chi connectivity index (χ1n) is 6.58. The molecular weight excluding hydrogens is 252 g/mol. The Bertz CT molecular complexity index is 556. The van der Waals surface area contributed by atoms with Crippen LogP contribution in [0, 0.1) is 0 Å². The van der Waals surface area contributed by atoms with Gasteiger partial charge in [-0.3, -0.25) is 0 Å². The van der Waals surface area contributed by atoms with Crippen molar-refractivity contribution in [3.8, 4) is 11.5 Å². The monoisotopic (exact) mass is 272 g/mol. The molecule has 2 aromatic rings. The minimum atomic E-state index is -0.906. The third-order valence-electron chi connectivity index (χ3n) is 3.11. The Hall–Kier alpha value is -2.00. The zero-order chi connectivity index (χ0) is 14.6. The average molecular weight is 272 g/mol. The zero-order valence-electron chi connectivity index (χ0n) is 12.1. The molecule has 0 atom stereocenters. The van der Waals surface area contributed by atoms with Crippen LogP contribution in [0.15, 0.2) is 48.5 Å². The lowest BCUT2D eigenvalue weighted by atomic mass is 9.98. The van der Waals surface area contributed by atoms with E-state index in [9.17, 15) is 5.11 Å². The summed E-state index contributed by atoms with van der Waals surface area (Å²) >= 11 is 0. The summed E-state index contributed by atoms with van der Waals surface area (Å²) < 4.78 is 11.1. The van der Waals surface area contributed by atoms with Crippen molar-refractivity contribution in [3.05, 3.63) is 59.7 Å². The molecule has 0 saturated heterocycles. The Labute approximate surface area is 119 Å². The van der Waals surface area contributed by atoms with Gasteiger partial charge in [-0.05, 0) is 37.1 Å². The van der Waals surface area contributed by atoms with E-state index in [4.69, 9.17) is 9.47 Å². The topological polar surface area (TPSA) is 38.7 Å². The molecule has 2 aromatic carbocycles. The van der Waals surface area contributed by atoms with E-state index >= 15 is 0 Å². The smallest absolute Gasteiger partial charge is 0.162 e. The molecule has 0 aliphatic carbocycles. The van der Waals surface area contributed by atoms with Gasteiger partial charge < -0.3 is 14.6 Å². The number of ether oxygens (including phenoxy) is 2. The average Bonchev–Trinajstić information content (AvgIpc) is 2.45.